The van der Waals surface area contributed by atoms with Crippen LogP contribution in [0.4, 0.5) is 5.82 Å². The van der Waals surface area contributed by atoms with Crippen LogP contribution < -0.4 is 5.73 Å². The Balaban J connectivity index is 1.65. The van der Waals surface area contributed by atoms with Crippen molar-refractivity contribution in [2.24, 2.45) is 5.11 Å². The highest BCUT2D eigenvalue weighted by Crippen LogP contribution is 2.36. The Morgan fingerprint density at radius 3 is 2.71 bits per heavy atom. The van der Waals surface area contributed by atoms with E-state index in [1.54, 1.807) is 24.3 Å². The zero-order valence-electron chi connectivity index (χ0n) is 18.0. The molecular weight excluding hydrogens is 468 g/mol. The van der Waals surface area contributed by atoms with E-state index in [2.05, 4.69) is 25.0 Å². The number of nitrogens with two attached hydrogens (primary N) is 1. The molecule has 3 aromatic rings. The average Bonchev–Trinajstić information content (AvgIpc) is 3.34. The Labute approximate surface area is 193 Å². The summed E-state index contributed by atoms with van der Waals surface area (Å²) in [4.78, 5) is 27.4. The summed E-state index contributed by atoms with van der Waals surface area (Å²) in [5, 5.41) is 3.67. The minimum absolute atomic E-state index is 0.109. The second kappa shape index (κ2) is 9.23. The van der Waals surface area contributed by atoms with Gasteiger partial charge in [0, 0.05) is 4.91 Å². The van der Waals surface area contributed by atoms with Gasteiger partial charge in [0.05, 0.1) is 24.2 Å². The lowest BCUT2D eigenvalue weighted by atomic mass is 10.1. The third kappa shape index (κ3) is 4.77. The van der Waals surface area contributed by atoms with Crippen LogP contribution in [0.3, 0.4) is 0 Å². The lowest BCUT2D eigenvalue weighted by Gasteiger charge is -2.21. The van der Waals surface area contributed by atoms with Crippen LogP contribution in [-0.4, -0.2) is 65.0 Å². The molecule has 0 amide bonds. The van der Waals surface area contributed by atoms with Crippen molar-refractivity contribution < 1.29 is 26.9 Å². The SMILES string of the molecule is Cc1ccc(C(=O)OC[C@H]2O[C@@H](n3cnc4c(N)ncnc43)[C@H](OS(C)(=O)=O)[C@@H]2N=[N+]=[N-])cc1. The van der Waals surface area contributed by atoms with Crippen molar-refractivity contribution in [1.82, 2.24) is 19.5 Å². The third-order valence-electron chi connectivity index (χ3n) is 5.11. The molecule has 1 aliphatic rings. The molecule has 2 aromatic heterocycles. The highest BCUT2D eigenvalue weighted by molar-refractivity contribution is 7.86. The standard InChI is InChI=1S/C19H20N8O6S/c1-10-3-5-11(6-4-10)19(28)31-7-12-13(25-26-21)15(33-34(2,29)30)18(32-12)27-9-24-14-16(20)22-8-23-17(14)27/h3-6,8-9,12-13,15,18H,7H2,1-2H3,(H2,20,22,23)/t12-,13-,15-,18-/m1/s1. The molecule has 3 heterocycles. The van der Waals surface area contributed by atoms with Gasteiger partial charge in [-0.1, -0.05) is 22.8 Å². The number of anilines is 1. The molecule has 2 N–H and O–H groups in total. The number of azide groups is 1. The maximum Gasteiger partial charge on any atom is 0.338 e. The summed E-state index contributed by atoms with van der Waals surface area (Å²) in [6, 6.07) is 5.58. The Morgan fingerprint density at radius 1 is 1.29 bits per heavy atom. The van der Waals surface area contributed by atoms with E-state index >= 15 is 0 Å². The largest absolute Gasteiger partial charge is 0.459 e. The number of nitrogens with zero attached hydrogens (tertiary/aromatic N) is 7. The fourth-order valence-corrected chi connectivity index (χ4v) is 4.18. The fourth-order valence-electron chi connectivity index (χ4n) is 3.57. The van der Waals surface area contributed by atoms with Gasteiger partial charge in [-0.3, -0.25) is 8.75 Å². The number of ether oxygens (including phenoxy) is 2. The molecule has 0 unspecified atom stereocenters. The first-order valence-electron chi connectivity index (χ1n) is 9.92. The normalized spacial score (nSPS) is 22.4. The molecule has 0 saturated carbocycles. The Bertz CT molecular complexity index is 1370. The molecule has 4 rings (SSSR count). The van der Waals surface area contributed by atoms with Gasteiger partial charge in [0.1, 0.15) is 30.7 Å². The van der Waals surface area contributed by atoms with E-state index in [-0.39, 0.29) is 23.6 Å². The van der Waals surface area contributed by atoms with Gasteiger partial charge in [0.25, 0.3) is 10.1 Å². The van der Waals surface area contributed by atoms with Crippen LogP contribution in [-0.2, 0) is 23.8 Å². The van der Waals surface area contributed by atoms with Crippen LogP contribution >= 0.6 is 0 Å². The number of benzene rings is 1. The molecule has 1 aromatic carbocycles. The molecular formula is C19H20N8O6S. The van der Waals surface area contributed by atoms with Crippen LogP contribution in [0.15, 0.2) is 42.0 Å². The van der Waals surface area contributed by atoms with Crippen molar-refractivity contribution in [2.45, 2.75) is 31.4 Å². The molecule has 178 valence electrons. The predicted molar refractivity (Wildman–Crippen MR) is 118 cm³/mol. The van der Waals surface area contributed by atoms with E-state index < -0.39 is 40.6 Å². The Morgan fingerprint density at radius 2 is 2.03 bits per heavy atom. The quantitative estimate of drug-likeness (QED) is 0.167. The zero-order valence-corrected chi connectivity index (χ0v) is 18.9. The smallest absolute Gasteiger partial charge is 0.338 e. The maximum atomic E-state index is 12.5. The van der Waals surface area contributed by atoms with Crippen molar-refractivity contribution in [3.63, 3.8) is 0 Å². The lowest BCUT2D eigenvalue weighted by molar-refractivity contribution is -0.0486. The minimum Gasteiger partial charge on any atom is -0.459 e. The topological polar surface area (TPSA) is 197 Å². The van der Waals surface area contributed by atoms with E-state index in [0.29, 0.717) is 5.56 Å². The molecule has 0 radical (unpaired) electrons. The van der Waals surface area contributed by atoms with Gasteiger partial charge in [-0.2, -0.15) is 8.42 Å². The van der Waals surface area contributed by atoms with Crippen LogP contribution in [0.1, 0.15) is 22.1 Å². The van der Waals surface area contributed by atoms with Crippen molar-refractivity contribution in [3.8, 4) is 0 Å². The second-order valence-corrected chi connectivity index (χ2v) is 9.17. The molecule has 0 aliphatic carbocycles. The zero-order chi connectivity index (χ0) is 24.5. The fraction of sp³-hybridized carbons (Fsp3) is 0.368. The van der Waals surface area contributed by atoms with Crippen LogP contribution in [0.5, 0.6) is 0 Å². The van der Waals surface area contributed by atoms with Gasteiger partial charge in [-0.15, -0.1) is 0 Å². The Hall–Kier alpha value is -3.78. The number of fused-ring (bicyclic) bond motifs is 1. The number of aryl methyl sites for hydroxylation is 1. The van der Waals surface area contributed by atoms with Crippen molar-refractivity contribution in [1.29, 1.82) is 0 Å². The average molecular weight is 488 g/mol. The van der Waals surface area contributed by atoms with Gasteiger partial charge in [0.2, 0.25) is 0 Å². The Kier molecular flexibility index (Phi) is 6.34. The summed E-state index contributed by atoms with van der Waals surface area (Å²) in [7, 11) is -4.01. The highest BCUT2D eigenvalue weighted by Gasteiger charge is 2.49. The predicted octanol–water partition coefficient (Wildman–Crippen LogP) is 1.50. The first kappa shape index (κ1) is 23.4. The maximum absolute atomic E-state index is 12.5. The van der Waals surface area contributed by atoms with E-state index in [1.165, 1.54) is 17.2 Å². The van der Waals surface area contributed by atoms with E-state index in [9.17, 15) is 13.2 Å². The first-order chi connectivity index (χ1) is 16.2. The number of imidazole rings is 1. The number of esters is 1. The number of aromatic nitrogens is 4. The molecule has 4 atom stereocenters. The number of hydrogen-bond donors (Lipinski definition) is 1. The molecule has 1 fully saturated rings. The molecule has 34 heavy (non-hydrogen) atoms. The van der Waals surface area contributed by atoms with Crippen LogP contribution in [0, 0.1) is 6.92 Å². The van der Waals surface area contributed by atoms with Gasteiger partial charge >= 0.3 is 5.97 Å². The number of nitrogen functional groups attached to an aromatic ring is 1. The van der Waals surface area contributed by atoms with Gasteiger partial charge in [-0.25, -0.2) is 19.7 Å². The van der Waals surface area contributed by atoms with Gasteiger partial charge < -0.3 is 15.2 Å². The number of rotatable bonds is 7. The van der Waals surface area contributed by atoms with E-state index in [4.69, 9.17) is 24.9 Å². The summed E-state index contributed by atoms with van der Waals surface area (Å²) < 4.78 is 41.9. The van der Waals surface area contributed by atoms with E-state index in [1.807, 2.05) is 6.92 Å². The monoisotopic (exact) mass is 488 g/mol. The summed E-state index contributed by atoms with van der Waals surface area (Å²) in [6.07, 6.45) is -0.0851. The second-order valence-electron chi connectivity index (χ2n) is 7.57. The summed E-state index contributed by atoms with van der Waals surface area (Å²) in [5.74, 6) is -0.515. The lowest BCUT2D eigenvalue weighted by Crippen LogP contribution is -2.36. The summed E-state index contributed by atoms with van der Waals surface area (Å²) in [6.45, 7) is 1.55. The van der Waals surface area contributed by atoms with Gasteiger partial charge in [-0.05, 0) is 24.6 Å². The van der Waals surface area contributed by atoms with E-state index in [0.717, 1.165) is 11.8 Å². The highest BCUT2D eigenvalue weighted by atomic mass is 32.2. The molecule has 1 aliphatic heterocycles. The first-order valence-corrected chi connectivity index (χ1v) is 11.7. The molecule has 14 nitrogen and oxygen atoms in total. The molecule has 15 heteroatoms. The number of hydrogen-bond acceptors (Lipinski definition) is 11. The third-order valence-corrected chi connectivity index (χ3v) is 5.68. The van der Waals surface area contributed by atoms with Crippen molar-refractivity contribution in [3.05, 3.63) is 58.5 Å². The van der Waals surface area contributed by atoms with Gasteiger partial charge in [0.15, 0.2) is 17.7 Å². The molecule has 0 spiro atoms. The van der Waals surface area contributed by atoms with Crippen molar-refractivity contribution in [2.75, 3.05) is 18.6 Å². The minimum atomic E-state index is -4.01. The number of carbonyl (C=O) groups excluding carboxylic acids is 1. The summed E-state index contributed by atoms with van der Waals surface area (Å²) >= 11 is 0. The van der Waals surface area contributed by atoms with Crippen LogP contribution in [0.25, 0.3) is 21.6 Å². The summed E-state index contributed by atoms with van der Waals surface area (Å²) in [5.41, 5.74) is 16.7. The number of carbonyl (C=O) groups is 1. The molecule has 1 saturated heterocycles. The molecule has 0 bridgehead atoms. The van der Waals surface area contributed by atoms with Crippen molar-refractivity contribution >= 4 is 33.1 Å². The van der Waals surface area contributed by atoms with Crippen LogP contribution in [0.2, 0.25) is 0 Å².